The second kappa shape index (κ2) is 7.52. The highest BCUT2D eigenvalue weighted by molar-refractivity contribution is 5.95. The maximum atomic E-state index is 12.5. The molecule has 2 aromatic carbocycles. The Bertz CT molecular complexity index is 883. The van der Waals surface area contributed by atoms with Gasteiger partial charge in [0.2, 0.25) is 11.8 Å². The summed E-state index contributed by atoms with van der Waals surface area (Å²) in [5.41, 5.74) is 2.24. The lowest BCUT2D eigenvalue weighted by Gasteiger charge is -2.22. The van der Waals surface area contributed by atoms with Crippen LogP contribution < -0.4 is 5.32 Å². The van der Waals surface area contributed by atoms with Crippen LogP contribution in [0.3, 0.4) is 0 Å². The first-order valence-electron chi connectivity index (χ1n) is 9.10. The van der Waals surface area contributed by atoms with Gasteiger partial charge in [0.1, 0.15) is 0 Å². The van der Waals surface area contributed by atoms with E-state index in [1.807, 2.05) is 48.5 Å². The zero-order valence-electron chi connectivity index (χ0n) is 14.5. The van der Waals surface area contributed by atoms with Crippen molar-refractivity contribution in [3.8, 4) is 22.9 Å². The van der Waals surface area contributed by atoms with Crippen molar-refractivity contribution in [2.24, 2.45) is 0 Å². The van der Waals surface area contributed by atoms with E-state index >= 15 is 0 Å². The molecule has 1 N–H and O–H groups in total. The summed E-state index contributed by atoms with van der Waals surface area (Å²) in [5, 5.41) is 11.4. The number of aromatic nitrogens is 2. The quantitative estimate of drug-likeness (QED) is 0.756. The minimum Gasteiger partial charge on any atom is -0.416 e. The Morgan fingerprint density at radius 3 is 2.35 bits per heavy atom. The molecule has 0 saturated heterocycles. The largest absolute Gasteiger partial charge is 0.416 e. The van der Waals surface area contributed by atoms with Crippen LogP contribution in [0.5, 0.6) is 0 Å². The lowest BCUT2D eigenvalue weighted by atomic mass is 9.95. The number of nitrogens with one attached hydrogen (secondary N) is 1. The normalized spacial score (nSPS) is 14.9. The standard InChI is InChI=1S/C21H21N3O2/c25-19(22-18-12-5-2-6-13-18)16-10-7-11-17(14-16)21-24-23-20(26-21)15-8-3-1-4-9-15/h1,3-4,7-11,14,18H,2,5-6,12-13H2,(H,22,25). The first-order valence-corrected chi connectivity index (χ1v) is 9.10. The molecule has 1 aliphatic rings. The highest BCUT2D eigenvalue weighted by atomic mass is 16.4. The molecular formula is C21H21N3O2. The van der Waals surface area contributed by atoms with Gasteiger partial charge in [-0.3, -0.25) is 4.79 Å². The topological polar surface area (TPSA) is 68.0 Å². The highest BCUT2D eigenvalue weighted by Gasteiger charge is 2.18. The number of hydrogen-bond donors (Lipinski definition) is 1. The summed E-state index contributed by atoms with van der Waals surface area (Å²) >= 11 is 0. The molecule has 132 valence electrons. The SMILES string of the molecule is O=C(NC1CCCCC1)c1cccc(-c2nnc(-c3ccccc3)o2)c1. The van der Waals surface area contributed by atoms with Crippen LogP contribution in [-0.2, 0) is 0 Å². The lowest BCUT2D eigenvalue weighted by Crippen LogP contribution is -2.36. The van der Waals surface area contributed by atoms with Crippen molar-refractivity contribution >= 4 is 5.91 Å². The number of carbonyl (C=O) groups excluding carboxylic acids is 1. The van der Waals surface area contributed by atoms with Crippen molar-refractivity contribution in [2.45, 2.75) is 38.1 Å². The molecule has 0 spiro atoms. The van der Waals surface area contributed by atoms with Gasteiger partial charge >= 0.3 is 0 Å². The first kappa shape index (κ1) is 16.5. The van der Waals surface area contributed by atoms with Gasteiger partial charge in [0.25, 0.3) is 5.91 Å². The van der Waals surface area contributed by atoms with E-state index in [4.69, 9.17) is 4.42 Å². The van der Waals surface area contributed by atoms with Gasteiger partial charge in [-0.1, -0.05) is 43.5 Å². The van der Waals surface area contributed by atoms with Crippen LogP contribution in [0.25, 0.3) is 22.9 Å². The molecule has 1 aromatic heterocycles. The van der Waals surface area contributed by atoms with E-state index in [-0.39, 0.29) is 11.9 Å². The van der Waals surface area contributed by atoms with Crippen LogP contribution in [0.15, 0.2) is 59.0 Å². The maximum Gasteiger partial charge on any atom is 0.251 e. The van der Waals surface area contributed by atoms with E-state index in [2.05, 4.69) is 15.5 Å². The van der Waals surface area contributed by atoms with Gasteiger partial charge in [-0.2, -0.15) is 0 Å². The maximum absolute atomic E-state index is 12.5. The van der Waals surface area contributed by atoms with Crippen molar-refractivity contribution in [1.82, 2.24) is 15.5 Å². The van der Waals surface area contributed by atoms with Gasteiger partial charge in [-0.25, -0.2) is 0 Å². The van der Waals surface area contributed by atoms with Gasteiger partial charge < -0.3 is 9.73 Å². The lowest BCUT2D eigenvalue weighted by molar-refractivity contribution is 0.0928. The number of nitrogens with zero attached hydrogens (tertiary/aromatic N) is 2. The van der Waals surface area contributed by atoms with E-state index in [1.165, 1.54) is 19.3 Å². The van der Waals surface area contributed by atoms with E-state index in [1.54, 1.807) is 6.07 Å². The third-order valence-corrected chi connectivity index (χ3v) is 4.76. The summed E-state index contributed by atoms with van der Waals surface area (Å²) in [6, 6.07) is 17.3. The summed E-state index contributed by atoms with van der Waals surface area (Å²) in [4.78, 5) is 12.5. The van der Waals surface area contributed by atoms with Gasteiger partial charge in [0, 0.05) is 22.7 Å². The number of amides is 1. The van der Waals surface area contributed by atoms with Crippen LogP contribution >= 0.6 is 0 Å². The molecular weight excluding hydrogens is 326 g/mol. The van der Waals surface area contributed by atoms with Crippen molar-refractivity contribution in [3.63, 3.8) is 0 Å². The van der Waals surface area contributed by atoms with Crippen LogP contribution in [0.2, 0.25) is 0 Å². The van der Waals surface area contributed by atoms with E-state index in [9.17, 15) is 4.79 Å². The Hall–Kier alpha value is -2.95. The van der Waals surface area contributed by atoms with Crippen molar-refractivity contribution in [2.75, 3.05) is 0 Å². The zero-order valence-corrected chi connectivity index (χ0v) is 14.5. The smallest absolute Gasteiger partial charge is 0.251 e. The molecule has 1 amide bonds. The van der Waals surface area contributed by atoms with Gasteiger partial charge in [-0.15, -0.1) is 10.2 Å². The molecule has 3 aromatic rings. The average Bonchev–Trinajstić information content (AvgIpc) is 3.20. The molecule has 0 bridgehead atoms. The molecule has 0 aliphatic heterocycles. The predicted molar refractivity (Wildman–Crippen MR) is 99.5 cm³/mol. The summed E-state index contributed by atoms with van der Waals surface area (Å²) in [5.74, 6) is 0.843. The Balaban J connectivity index is 1.52. The fourth-order valence-corrected chi connectivity index (χ4v) is 3.35. The van der Waals surface area contributed by atoms with E-state index in [0.717, 1.165) is 24.0 Å². The van der Waals surface area contributed by atoms with Gasteiger partial charge in [0.05, 0.1) is 0 Å². The average molecular weight is 347 g/mol. The molecule has 0 radical (unpaired) electrons. The number of rotatable bonds is 4. The second-order valence-corrected chi connectivity index (χ2v) is 6.67. The van der Waals surface area contributed by atoms with Gasteiger partial charge in [-0.05, 0) is 43.2 Å². The van der Waals surface area contributed by atoms with Crippen molar-refractivity contribution in [3.05, 3.63) is 60.2 Å². The Kier molecular flexibility index (Phi) is 4.78. The van der Waals surface area contributed by atoms with Crippen LogP contribution in [-0.4, -0.2) is 22.1 Å². The fraction of sp³-hybridized carbons (Fsp3) is 0.286. The summed E-state index contributed by atoms with van der Waals surface area (Å²) in [6.45, 7) is 0. The third kappa shape index (κ3) is 3.67. The second-order valence-electron chi connectivity index (χ2n) is 6.67. The molecule has 1 fully saturated rings. The highest BCUT2D eigenvalue weighted by Crippen LogP contribution is 2.24. The number of benzene rings is 2. The molecule has 26 heavy (non-hydrogen) atoms. The minimum absolute atomic E-state index is 0.0402. The Morgan fingerprint density at radius 1 is 0.885 bits per heavy atom. The van der Waals surface area contributed by atoms with E-state index < -0.39 is 0 Å². The Morgan fingerprint density at radius 2 is 1.58 bits per heavy atom. The van der Waals surface area contributed by atoms with Crippen LogP contribution in [0, 0.1) is 0 Å². The fourth-order valence-electron chi connectivity index (χ4n) is 3.35. The predicted octanol–water partition coefficient (Wildman–Crippen LogP) is 4.47. The molecule has 0 atom stereocenters. The summed E-state index contributed by atoms with van der Waals surface area (Å²) in [7, 11) is 0. The molecule has 1 heterocycles. The van der Waals surface area contributed by atoms with Crippen LogP contribution in [0.1, 0.15) is 42.5 Å². The van der Waals surface area contributed by atoms with Crippen molar-refractivity contribution < 1.29 is 9.21 Å². The Labute approximate surface area is 152 Å². The minimum atomic E-state index is -0.0402. The number of hydrogen-bond acceptors (Lipinski definition) is 4. The third-order valence-electron chi connectivity index (χ3n) is 4.76. The molecule has 5 nitrogen and oxygen atoms in total. The van der Waals surface area contributed by atoms with E-state index in [0.29, 0.717) is 17.3 Å². The monoisotopic (exact) mass is 347 g/mol. The zero-order chi connectivity index (χ0) is 17.8. The first-order chi connectivity index (χ1) is 12.8. The molecule has 1 aliphatic carbocycles. The molecule has 4 rings (SSSR count). The summed E-state index contributed by atoms with van der Waals surface area (Å²) in [6.07, 6.45) is 5.78. The molecule has 0 unspecified atom stereocenters. The van der Waals surface area contributed by atoms with Crippen molar-refractivity contribution in [1.29, 1.82) is 0 Å². The molecule has 1 saturated carbocycles. The van der Waals surface area contributed by atoms with Crippen LogP contribution in [0.4, 0.5) is 0 Å². The van der Waals surface area contributed by atoms with Gasteiger partial charge in [0.15, 0.2) is 0 Å². The summed E-state index contributed by atoms with van der Waals surface area (Å²) < 4.78 is 5.79. The molecule has 5 heteroatoms. The number of carbonyl (C=O) groups is 1.